The monoisotopic (exact) mass is 398 g/mol. The zero-order valence-corrected chi connectivity index (χ0v) is 15.1. The molecule has 1 atom stereocenters. The molecule has 0 saturated heterocycles. The molecule has 0 aliphatic heterocycles. The van der Waals surface area contributed by atoms with Crippen molar-refractivity contribution >= 4 is 34.8 Å². The zero-order chi connectivity index (χ0) is 17.8. The minimum atomic E-state index is -0.840. The first-order chi connectivity index (χ1) is 12.0. The van der Waals surface area contributed by atoms with E-state index in [1.807, 2.05) is 6.07 Å². The molecule has 0 unspecified atom stereocenters. The molecule has 3 aromatic rings. The van der Waals surface area contributed by atoms with E-state index in [2.05, 4.69) is 15.4 Å². The van der Waals surface area contributed by atoms with Crippen LogP contribution in [-0.4, -0.2) is 38.0 Å². The maximum absolute atomic E-state index is 10.1. The Morgan fingerprint density at radius 2 is 1.88 bits per heavy atom. The minimum Gasteiger partial charge on any atom is -0.489 e. The first kappa shape index (κ1) is 17.9. The van der Waals surface area contributed by atoms with Gasteiger partial charge >= 0.3 is 0 Å². The van der Waals surface area contributed by atoms with Gasteiger partial charge in [-0.2, -0.15) is 4.80 Å². The van der Waals surface area contributed by atoms with E-state index in [0.29, 0.717) is 26.6 Å². The summed E-state index contributed by atoms with van der Waals surface area (Å²) in [7, 11) is 0. The Kier molecular flexibility index (Phi) is 5.75. The Hall–Kier alpha value is -1.86. The molecule has 25 heavy (non-hydrogen) atoms. The van der Waals surface area contributed by atoms with Gasteiger partial charge in [0.05, 0.1) is 11.6 Å². The van der Waals surface area contributed by atoms with Crippen molar-refractivity contribution in [2.75, 3.05) is 6.61 Å². The smallest absolute Gasteiger partial charge is 0.204 e. The molecule has 0 bridgehead atoms. The second kappa shape index (κ2) is 8.01. The molecular weight excluding hydrogens is 387 g/mol. The average Bonchev–Trinajstić information content (AvgIpc) is 3.02. The standard InChI is InChI=1S/C16H13Cl3N4O2/c17-11-3-1-2-10(6-11)16-20-22-23(21-16)8-13(24)9-25-15-5-4-12(18)7-14(15)19/h1-7,13,24H,8-9H2/t13-/m0/s1. The number of aliphatic hydroxyl groups excluding tert-OH is 1. The molecule has 0 amide bonds. The van der Waals surface area contributed by atoms with E-state index in [9.17, 15) is 5.11 Å². The second-order valence-corrected chi connectivity index (χ2v) is 6.50. The quantitative estimate of drug-likeness (QED) is 0.683. The van der Waals surface area contributed by atoms with Gasteiger partial charge in [-0.3, -0.25) is 0 Å². The van der Waals surface area contributed by atoms with Crippen molar-refractivity contribution in [3.05, 3.63) is 57.5 Å². The van der Waals surface area contributed by atoms with E-state index in [1.165, 1.54) is 4.80 Å². The Morgan fingerprint density at radius 1 is 1.08 bits per heavy atom. The van der Waals surface area contributed by atoms with Crippen LogP contribution < -0.4 is 4.74 Å². The van der Waals surface area contributed by atoms with Crippen LogP contribution >= 0.6 is 34.8 Å². The summed E-state index contributed by atoms with van der Waals surface area (Å²) in [6.07, 6.45) is -0.840. The van der Waals surface area contributed by atoms with E-state index in [-0.39, 0.29) is 13.2 Å². The Labute approximate surface area is 158 Å². The van der Waals surface area contributed by atoms with Gasteiger partial charge < -0.3 is 9.84 Å². The van der Waals surface area contributed by atoms with Gasteiger partial charge in [-0.15, -0.1) is 10.2 Å². The summed E-state index contributed by atoms with van der Waals surface area (Å²) in [4.78, 5) is 1.30. The zero-order valence-electron chi connectivity index (χ0n) is 12.8. The number of halogens is 3. The van der Waals surface area contributed by atoms with E-state index in [0.717, 1.165) is 5.56 Å². The highest BCUT2D eigenvalue weighted by Gasteiger charge is 2.12. The molecule has 1 heterocycles. The fraction of sp³-hybridized carbons (Fsp3) is 0.188. The van der Waals surface area contributed by atoms with Crippen LogP contribution in [0.5, 0.6) is 5.75 Å². The topological polar surface area (TPSA) is 73.1 Å². The van der Waals surface area contributed by atoms with E-state index in [1.54, 1.807) is 36.4 Å². The number of benzene rings is 2. The van der Waals surface area contributed by atoms with Gasteiger partial charge in [0.15, 0.2) is 0 Å². The van der Waals surface area contributed by atoms with Crippen LogP contribution in [0.15, 0.2) is 42.5 Å². The Balaban J connectivity index is 1.59. The molecule has 6 nitrogen and oxygen atoms in total. The van der Waals surface area contributed by atoms with Crippen molar-refractivity contribution in [3.8, 4) is 17.1 Å². The van der Waals surface area contributed by atoms with Crippen molar-refractivity contribution in [1.29, 1.82) is 0 Å². The lowest BCUT2D eigenvalue weighted by atomic mass is 10.2. The van der Waals surface area contributed by atoms with Crippen LogP contribution in [0.4, 0.5) is 0 Å². The summed E-state index contributed by atoms with van der Waals surface area (Å²) in [5.41, 5.74) is 0.748. The van der Waals surface area contributed by atoms with Crippen LogP contribution in [0.1, 0.15) is 0 Å². The number of rotatable bonds is 6. The molecule has 130 valence electrons. The lowest BCUT2D eigenvalue weighted by Gasteiger charge is -2.12. The average molecular weight is 400 g/mol. The van der Waals surface area contributed by atoms with Crippen molar-refractivity contribution in [1.82, 2.24) is 20.2 Å². The van der Waals surface area contributed by atoms with E-state index < -0.39 is 6.10 Å². The van der Waals surface area contributed by atoms with Crippen LogP contribution in [0.3, 0.4) is 0 Å². The summed E-state index contributed by atoms with van der Waals surface area (Å²) in [6.45, 7) is 0.147. The summed E-state index contributed by atoms with van der Waals surface area (Å²) in [6, 6.07) is 12.0. The summed E-state index contributed by atoms with van der Waals surface area (Å²) < 4.78 is 5.49. The van der Waals surface area contributed by atoms with Crippen molar-refractivity contribution in [3.63, 3.8) is 0 Å². The number of aromatic nitrogens is 4. The lowest BCUT2D eigenvalue weighted by Crippen LogP contribution is -2.25. The number of tetrazole rings is 1. The molecule has 0 aliphatic rings. The highest BCUT2D eigenvalue weighted by Crippen LogP contribution is 2.27. The van der Waals surface area contributed by atoms with Crippen molar-refractivity contribution in [2.24, 2.45) is 0 Å². The van der Waals surface area contributed by atoms with Crippen LogP contribution in [0.2, 0.25) is 15.1 Å². The summed E-state index contributed by atoms with van der Waals surface area (Å²) >= 11 is 17.8. The number of ether oxygens (including phenoxy) is 1. The molecule has 0 fully saturated rings. The largest absolute Gasteiger partial charge is 0.489 e. The molecule has 2 aromatic carbocycles. The van der Waals surface area contributed by atoms with Gasteiger partial charge in [0.1, 0.15) is 18.5 Å². The fourth-order valence-corrected chi connectivity index (χ4v) is 2.74. The molecular formula is C16H13Cl3N4O2. The molecule has 0 aliphatic carbocycles. The maximum atomic E-state index is 10.1. The molecule has 9 heteroatoms. The predicted molar refractivity (Wildman–Crippen MR) is 96.2 cm³/mol. The molecule has 1 aromatic heterocycles. The van der Waals surface area contributed by atoms with Crippen LogP contribution in [-0.2, 0) is 6.54 Å². The second-order valence-electron chi connectivity index (χ2n) is 5.22. The summed E-state index contributed by atoms with van der Waals surface area (Å²) in [5, 5.41) is 23.7. The number of hydrogen-bond donors (Lipinski definition) is 1. The number of aliphatic hydroxyl groups is 1. The van der Waals surface area contributed by atoms with Gasteiger partial charge in [0, 0.05) is 15.6 Å². The van der Waals surface area contributed by atoms with Gasteiger partial charge in [-0.25, -0.2) is 0 Å². The molecule has 0 saturated carbocycles. The van der Waals surface area contributed by atoms with Crippen LogP contribution in [0, 0.1) is 0 Å². The first-order valence-electron chi connectivity index (χ1n) is 7.31. The predicted octanol–water partition coefficient (Wildman–Crippen LogP) is 3.74. The third kappa shape index (κ3) is 4.83. The van der Waals surface area contributed by atoms with Crippen LogP contribution in [0.25, 0.3) is 11.4 Å². The first-order valence-corrected chi connectivity index (χ1v) is 8.44. The van der Waals surface area contributed by atoms with E-state index >= 15 is 0 Å². The van der Waals surface area contributed by atoms with Gasteiger partial charge in [0.25, 0.3) is 0 Å². The number of hydrogen-bond acceptors (Lipinski definition) is 5. The lowest BCUT2D eigenvalue weighted by molar-refractivity contribution is 0.0850. The molecule has 3 rings (SSSR count). The normalized spacial score (nSPS) is 12.2. The Bertz CT molecular complexity index is 872. The van der Waals surface area contributed by atoms with Crippen molar-refractivity contribution < 1.29 is 9.84 Å². The van der Waals surface area contributed by atoms with Crippen molar-refractivity contribution in [2.45, 2.75) is 12.6 Å². The molecule has 0 spiro atoms. The van der Waals surface area contributed by atoms with E-state index in [4.69, 9.17) is 39.5 Å². The summed E-state index contributed by atoms with van der Waals surface area (Å²) in [5.74, 6) is 0.868. The van der Waals surface area contributed by atoms with Gasteiger partial charge in [-0.1, -0.05) is 46.9 Å². The Morgan fingerprint density at radius 3 is 2.64 bits per heavy atom. The SMILES string of the molecule is O[C@H](COc1ccc(Cl)cc1Cl)Cn1nnc(-c2cccc(Cl)c2)n1. The number of nitrogens with zero attached hydrogens (tertiary/aromatic N) is 4. The highest BCUT2D eigenvalue weighted by molar-refractivity contribution is 6.35. The molecule has 0 radical (unpaired) electrons. The third-order valence-electron chi connectivity index (χ3n) is 3.23. The van der Waals surface area contributed by atoms with Gasteiger partial charge in [0.2, 0.25) is 5.82 Å². The molecule has 1 N–H and O–H groups in total. The maximum Gasteiger partial charge on any atom is 0.204 e. The van der Waals surface area contributed by atoms with Gasteiger partial charge in [-0.05, 0) is 35.5 Å². The minimum absolute atomic E-state index is 0.0232. The highest BCUT2D eigenvalue weighted by atomic mass is 35.5. The third-order valence-corrected chi connectivity index (χ3v) is 4.00. The fourth-order valence-electron chi connectivity index (χ4n) is 2.08.